The molecule has 1 rings (SSSR count). The molecule has 0 bridgehead atoms. The van der Waals surface area contributed by atoms with Crippen LogP contribution in [-0.4, -0.2) is 26.1 Å². The lowest BCUT2D eigenvalue weighted by Crippen LogP contribution is -2.11. The molecule has 0 saturated carbocycles. The van der Waals surface area contributed by atoms with Crippen LogP contribution in [0.5, 0.6) is 0 Å². The fraction of sp³-hybridized carbons (Fsp3) is 0.400. The first-order chi connectivity index (χ1) is 7.06. The summed E-state index contributed by atoms with van der Waals surface area (Å²) in [5.41, 5.74) is 1.84. The van der Waals surface area contributed by atoms with E-state index in [1.54, 1.807) is 19.2 Å². The number of nitrogens with zero attached hydrogens (tertiary/aromatic N) is 2. The van der Waals surface area contributed by atoms with Crippen LogP contribution >= 0.6 is 0 Å². The van der Waals surface area contributed by atoms with Gasteiger partial charge in [0, 0.05) is 44.6 Å². The highest BCUT2D eigenvalue weighted by atomic mass is 16.6. The molecule has 0 atom stereocenters. The van der Waals surface area contributed by atoms with Gasteiger partial charge < -0.3 is 9.64 Å². The van der Waals surface area contributed by atoms with Crippen LogP contribution < -0.4 is 4.90 Å². The third kappa shape index (κ3) is 2.66. The molecule has 0 heterocycles. The quantitative estimate of drug-likeness (QED) is 0.561. The molecule has 0 aliphatic carbocycles. The Kier molecular flexibility index (Phi) is 3.62. The van der Waals surface area contributed by atoms with Gasteiger partial charge in [-0.25, -0.2) is 0 Å². The van der Waals surface area contributed by atoms with E-state index in [2.05, 4.69) is 0 Å². The standard InChI is InChI=1S/C10H14N2O3/c1-11(2)10-5-4-9(12(13)14)6-8(10)7-15-3/h4-6H,7H2,1-3H3. The topological polar surface area (TPSA) is 55.6 Å². The van der Waals surface area contributed by atoms with E-state index < -0.39 is 4.92 Å². The zero-order chi connectivity index (χ0) is 11.4. The molecule has 1 aromatic carbocycles. The Labute approximate surface area is 88.4 Å². The molecule has 15 heavy (non-hydrogen) atoms. The highest BCUT2D eigenvalue weighted by Gasteiger charge is 2.11. The van der Waals surface area contributed by atoms with Crippen molar-refractivity contribution in [3.05, 3.63) is 33.9 Å². The molecule has 0 saturated heterocycles. The number of hydrogen-bond donors (Lipinski definition) is 0. The average molecular weight is 210 g/mol. The summed E-state index contributed by atoms with van der Waals surface area (Å²) in [6, 6.07) is 4.76. The smallest absolute Gasteiger partial charge is 0.269 e. The molecular formula is C10H14N2O3. The number of nitro groups is 1. The number of ether oxygens (including phenoxy) is 1. The average Bonchev–Trinajstić information content (AvgIpc) is 2.17. The predicted octanol–water partition coefficient (Wildman–Crippen LogP) is 1.81. The van der Waals surface area contributed by atoms with E-state index in [-0.39, 0.29) is 5.69 Å². The number of benzene rings is 1. The van der Waals surface area contributed by atoms with Crippen molar-refractivity contribution in [3.63, 3.8) is 0 Å². The van der Waals surface area contributed by atoms with Crippen LogP contribution in [0.2, 0.25) is 0 Å². The lowest BCUT2D eigenvalue weighted by Gasteiger charge is -2.16. The molecule has 5 heteroatoms. The number of methoxy groups -OCH3 is 1. The lowest BCUT2D eigenvalue weighted by molar-refractivity contribution is -0.384. The van der Waals surface area contributed by atoms with Gasteiger partial charge in [0.1, 0.15) is 0 Å². The summed E-state index contributed by atoms with van der Waals surface area (Å²) >= 11 is 0. The minimum absolute atomic E-state index is 0.0904. The summed E-state index contributed by atoms with van der Waals surface area (Å²) < 4.78 is 5.00. The summed E-state index contributed by atoms with van der Waals surface area (Å²) in [5.74, 6) is 0. The van der Waals surface area contributed by atoms with Crippen molar-refractivity contribution < 1.29 is 9.66 Å². The molecule has 82 valence electrons. The summed E-state index contributed by atoms with van der Waals surface area (Å²) in [6.07, 6.45) is 0. The normalized spacial score (nSPS) is 10.1. The van der Waals surface area contributed by atoms with Gasteiger partial charge >= 0.3 is 0 Å². The minimum atomic E-state index is -0.404. The molecule has 5 nitrogen and oxygen atoms in total. The maximum atomic E-state index is 10.6. The van der Waals surface area contributed by atoms with Gasteiger partial charge in [0.25, 0.3) is 5.69 Å². The van der Waals surface area contributed by atoms with E-state index in [0.717, 1.165) is 11.3 Å². The number of non-ortho nitro benzene ring substituents is 1. The van der Waals surface area contributed by atoms with Gasteiger partial charge in [-0.1, -0.05) is 0 Å². The highest BCUT2D eigenvalue weighted by Crippen LogP contribution is 2.24. The fourth-order valence-corrected chi connectivity index (χ4v) is 1.39. The molecule has 0 amide bonds. The predicted molar refractivity (Wildman–Crippen MR) is 58.1 cm³/mol. The summed E-state index contributed by atoms with van der Waals surface area (Å²) in [4.78, 5) is 12.1. The second-order valence-electron chi connectivity index (χ2n) is 3.40. The molecule has 0 spiro atoms. The first-order valence-electron chi connectivity index (χ1n) is 4.50. The van der Waals surface area contributed by atoms with Crippen LogP contribution in [0.4, 0.5) is 11.4 Å². The van der Waals surface area contributed by atoms with Gasteiger partial charge in [0.2, 0.25) is 0 Å². The number of hydrogen-bond acceptors (Lipinski definition) is 4. The van der Waals surface area contributed by atoms with Crippen LogP contribution in [-0.2, 0) is 11.3 Å². The first kappa shape index (κ1) is 11.5. The zero-order valence-corrected chi connectivity index (χ0v) is 9.06. The third-order valence-electron chi connectivity index (χ3n) is 2.06. The SMILES string of the molecule is COCc1cc([N+](=O)[O-])ccc1N(C)C. The van der Waals surface area contributed by atoms with Crippen molar-refractivity contribution in [3.8, 4) is 0 Å². The van der Waals surface area contributed by atoms with Gasteiger partial charge in [-0.05, 0) is 6.07 Å². The van der Waals surface area contributed by atoms with Crippen LogP contribution in [0.1, 0.15) is 5.56 Å². The molecule has 0 aliphatic heterocycles. The maximum absolute atomic E-state index is 10.6. The first-order valence-corrected chi connectivity index (χ1v) is 4.50. The summed E-state index contributed by atoms with van der Waals surface area (Å²) in [7, 11) is 5.35. The van der Waals surface area contributed by atoms with Crippen LogP contribution in [0, 0.1) is 10.1 Å². The second-order valence-corrected chi connectivity index (χ2v) is 3.40. The van der Waals surface area contributed by atoms with Crippen molar-refractivity contribution >= 4 is 11.4 Å². The Morgan fingerprint density at radius 2 is 2.13 bits per heavy atom. The molecule has 0 radical (unpaired) electrons. The van der Waals surface area contributed by atoms with Gasteiger partial charge in [-0.2, -0.15) is 0 Å². The molecule has 0 fully saturated rings. The Morgan fingerprint density at radius 1 is 1.47 bits per heavy atom. The van der Waals surface area contributed by atoms with Crippen LogP contribution in [0.3, 0.4) is 0 Å². The monoisotopic (exact) mass is 210 g/mol. The van der Waals surface area contributed by atoms with Gasteiger partial charge in [0.05, 0.1) is 11.5 Å². The van der Waals surface area contributed by atoms with E-state index >= 15 is 0 Å². The van der Waals surface area contributed by atoms with Crippen molar-refractivity contribution in [1.82, 2.24) is 0 Å². The van der Waals surface area contributed by atoms with Crippen LogP contribution in [0.25, 0.3) is 0 Å². The lowest BCUT2D eigenvalue weighted by atomic mass is 10.1. The summed E-state index contributed by atoms with van der Waals surface area (Å²) in [6.45, 7) is 0.370. The molecule has 0 aromatic heterocycles. The van der Waals surface area contributed by atoms with Crippen molar-refractivity contribution in [2.75, 3.05) is 26.1 Å². The fourth-order valence-electron chi connectivity index (χ4n) is 1.39. The van der Waals surface area contributed by atoms with Crippen molar-refractivity contribution in [2.24, 2.45) is 0 Å². The second kappa shape index (κ2) is 4.75. The Balaban J connectivity index is 3.14. The third-order valence-corrected chi connectivity index (χ3v) is 2.06. The Hall–Kier alpha value is -1.62. The van der Waals surface area contributed by atoms with Crippen molar-refractivity contribution in [2.45, 2.75) is 6.61 Å². The molecule has 0 unspecified atom stereocenters. The van der Waals surface area contributed by atoms with E-state index in [1.807, 2.05) is 19.0 Å². The molecular weight excluding hydrogens is 196 g/mol. The molecule has 1 aromatic rings. The number of anilines is 1. The largest absolute Gasteiger partial charge is 0.380 e. The number of rotatable bonds is 4. The van der Waals surface area contributed by atoms with Crippen LogP contribution in [0.15, 0.2) is 18.2 Å². The van der Waals surface area contributed by atoms with Gasteiger partial charge in [0.15, 0.2) is 0 Å². The van der Waals surface area contributed by atoms with Gasteiger partial charge in [-0.3, -0.25) is 10.1 Å². The number of nitro benzene ring substituents is 1. The minimum Gasteiger partial charge on any atom is -0.380 e. The molecule has 0 aliphatic rings. The Bertz CT molecular complexity index is 364. The Morgan fingerprint density at radius 3 is 2.60 bits per heavy atom. The van der Waals surface area contributed by atoms with E-state index in [1.165, 1.54) is 6.07 Å². The molecule has 0 N–H and O–H groups in total. The zero-order valence-electron chi connectivity index (χ0n) is 9.06. The summed E-state index contributed by atoms with van der Waals surface area (Å²) in [5, 5.41) is 10.6. The maximum Gasteiger partial charge on any atom is 0.269 e. The van der Waals surface area contributed by atoms with Gasteiger partial charge in [-0.15, -0.1) is 0 Å². The van der Waals surface area contributed by atoms with Crippen molar-refractivity contribution in [1.29, 1.82) is 0 Å². The van der Waals surface area contributed by atoms with E-state index in [9.17, 15) is 10.1 Å². The highest BCUT2D eigenvalue weighted by molar-refractivity contribution is 5.56. The van der Waals surface area contributed by atoms with E-state index in [4.69, 9.17) is 4.74 Å². The van der Waals surface area contributed by atoms with E-state index in [0.29, 0.717) is 6.61 Å².